The van der Waals surface area contributed by atoms with Gasteiger partial charge >= 0.3 is 0 Å². The third-order valence-corrected chi connectivity index (χ3v) is 5.27. The third-order valence-electron chi connectivity index (χ3n) is 5.27. The molecule has 1 fully saturated rings. The topological polar surface area (TPSA) is 42.4 Å². The average molecular weight is 350 g/mol. The number of allylic oxidation sites excluding steroid dienone is 1. The number of fused-ring (bicyclic) bond motifs is 1. The molecule has 2 atom stereocenters. The zero-order valence-electron chi connectivity index (χ0n) is 15.5. The zero-order valence-corrected chi connectivity index (χ0v) is 15.5. The molecule has 0 N–H and O–H groups in total. The van der Waals surface area contributed by atoms with Crippen LogP contribution < -0.4 is 4.74 Å². The summed E-state index contributed by atoms with van der Waals surface area (Å²) in [6.45, 7) is 7.24. The number of piperidine rings is 1. The van der Waals surface area contributed by atoms with Crippen LogP contribution in [0.25, 0.3) is 17.0 Å². The first-order valence-corrected chi connectivity index (χ1v) is 9.09. The Morgan fingerprint density at radius 3 is 3.00 bits per heavy atom. The lowest BCUT2D eigenvalue weighted by molar-refractivity contribution is -0.130. The first-order chi connectivity index (χ1) is 12.6. The zero-order chi connectivity index (χ0) is 18.5. The average Bonchev–Trinajstić information content (AvgIpc) is 2.67. The summed E-state index contributed by atoms with van der Waals surface area (Å²) in [5.41, 5.74) is 2.11. The van der Waals surface area contributed by atoms with Gasteiger partial charge in [-0.3, -0.25) is 9.78 Å². The number of rotatable bonds is 5. The van der Waals surface area contributed by atoms with Crippen LogP contribution in [-0.4, -0.2) is 36.0 Å². The highest BCUT2D eigenvalue weighted by molar-refractivity contribution is 5.88. The van der Waals surface area contributed by atoms with Gasteiger partial charge in [0, 0.05) is 31.6 Å². The Labute approximate surface area is 155 Å². The van der Waals surface area contributed by atoms with Gasteiger partial charge in [0.05, 0.1) is 12.6 Å². The van der Waals surface area contributed by atoms with Crippen LogP contribution >= 0.6 is 0 Å². The second kappa shape index (κ2) is 8.17. The lowest BCUT2D eigenvalue weighted by Crippen LogP contribution is -2.42. The number of hydrogen-bond acceptors (Lipinski definition) is 3. The van der Waals surface area contributed by atoms with E-state index in [0.29, 0.717) is 11.8 Å². The van der Waals surface area contributed by atoms with E-state index in [2.05, 4.69) is 23.7 Å². The monoisotopic (exact) mass is 350 g/mol. The summed E-state index contributed by atoms with van der Waals surface area (Å²) < 4.78 is 5.34. The fourth-order valence-corrected chi connectivity index (χ4v) is 3.66. The number of likely N-dealkylation sites (tertiary alicyclic amines) is 1. The van der Waals surface area contributed by atoms with Crippen molar-refractivity contribution in [2.45, 2.75) is 19.8 Å². The summed E-state index contributed by atoms with van der Waals surface area (Å²) in [6, 6.07) is 7.97. The van der Waals surface area contributed by atoms with E-state index in [4.69, 9.17) is 4.74 Å². The standard InChI is InChI=1S/C22H26N2O2/c1-4-17-15-24(16(2)25)13-11-18(17)6-5-7-19-10-12-23-22-9-8-20(26-3)14-21(19)22/h4-5,7-10,12,14,17-18H,1,6,11,13,15H2,2-3H3/t17-,18-/m0/s1. The van der Waals surface area contributed by atoms with Crippen molar-refractivity contribution < 1.29 is 9.53 Å². The molecular weight excluding hydrogens is 324 g/mol. The van der Waals surface area contributed by atoms with Crippen molar-refractivity contribution in [3.05, 3.63) is 54.8 Å². The quantitative estimate of drug-likeness (QED) is 0.754. The second-order valence-electron chi connectivity index (χ2n) is 6.83. The molecule has 0 radical (unpaired) electrons. The van der Waals surface area contributed by atoms with Gasteiger partial charge < -0.3 is 9.64 Å². The largest absolute Gasteiger partial charge is 0.497 e. The summed E-state index contributed by atoms with van der Waals surface area (Å²) in [5, 5.41) is 1.09. The summed E-state index contributed by atoms with van der Waals surface area (Å²) in [7, 11) is 1.68. The summed E-state index contributed by atoms with van der Waals surface area (Å²) in [5.74, 6) is 1.88. The number of amides is 1. The van der Waals surface area contributed by atoms with Crippen molar-refractivity contribution in [3.63, 3.8) is 0 Å². The Morgan fingerprint density at radius 2 is 2.27 bits per heavy atom. The van der Waals surface area contributed by atoms with E-state index in [1.807, 2.05) is 41.4 Å². The Morgan fingerprint density at radius 1 is 1.42 bits per heavy atom. The predicted octanol–water partition coefficient (Wildman–Crippen LogP) is 4.32. The molecule has 0 bridgehead atoms. The fourth-order valence-electron chi connectivity index (χ4n) is 3.66. The van der Waals surface area contributed by atoms with Crippen LogP contribution in [0, 0.1) is 11.8 Å². The Hall–Kier alpha value is -2.62. The Balaban J connectivity index is 1.73. The molecule has 3 rings (SSSR count). The van der Waals surface area contributed by atoms with E-state index in [9.17, 15) is 4.79 Å². The summed E-state index contributed by atoms with van der Waals surface area (Å²) >= 11 is 0. The lowest BCUT2D eigenvalue weighted by atomic mass is 9.83. The van der Waals surface area contributed by atoms with Crippen molar-refractivity contribution >= 4 is 22.9 Å². The van der Waals surface area contributed by atoms with Crippen LogP contribution in [0.4, 0.5) is 0 Å². The molecule has 26 heavy (non-hydrogen) atoms. The third kappa shape index (κ3) is 3.96. The minimum atomic E-state index is 0.156. The SMILES string of the molecule is C=C[C@H]1CN(C(C)=O)CC[C@@H]1CC=Cc1ccnc2ccc(OC)cc12. The van der Waals surface area contributed by atoms with E-state index >= 15 is 0 Å². The molecule has 1 saturated heterocycles. The molecule has 1 aromatic heterocycles. The highest BCUT2D eigenvalue weighted by Gasteiger charge is 2.27. The van der Waals surface area contributed by atoms with Gasteiger partial charge in [-0.15, -0.1) is 6.58 Å². The highest BCUT2D eigenvalue weighted by atomic mass is 16.5. The number of methoxy groups -OCH3 is 1. The molecule has 4 heteroatoms. The molecule has 1 aromatic carbocycles. The maximum absolute atomic E-state index is 11.6. The van der Waals surface area contributed by atoms with E-state index in [0.717, 1.165) is 48.1 Å². The van der Waals surface area contributed by atoms with Crippen LogP contribution in [0.2, 0.25) is 0 Å². The molecule has 0 aliphatic carbocycles. The molecule has 0 saturated carbocycles. The van der Waals surface area contributed by atoms with Crippen molar-refractivity contribution in [2.24, 2.45) is 11.8 Å². The number of benzene rings is 1. The predicted molar refractivity (Wildman–Crippen MR) is 106 cm³/mol. The number of nitrogens with zero attached hydrogens (tertiary/aromatic N) is 2. The highest BCUT2D eigenvalue weighted by Crippen LogP contribution is 2.29. The summed E-state index contributed by atoms with van der Waals surface area (Å²) in [4.78, 5) is 18.0. The maximum atomic E-state index is 11.6. The smallest absolute Gasteiger partial charge is 0.219 e. The van der Waals surface area contributed by atoms with Gasteiger partial charge in [-0.1, -0.05) is 18.2 Å². The molecule has 1 aliphatic rings. The van der Waals surface area contributed by atoms with E-state index < -0.39 is 0 Å². The summed E-state index contributed by atoms with van der Waals surface area (Å²) in [6.07, 6.45) is 10.2. The molecule has 0 spiro atoms. The van der Waals surface area contributed by atoms with Crippen LogP contribution in [0.15, 0.2) is 49.2 Å². The molecule has 136 valence electrons. The van der Waals surface area contributed by atoms with E-state index in [1.54, 1.807) is 14.0 Å². The van der Waals surface area contributed by atoms with E-state index in [1.165, 1.54) is 0 Å². The first-order valence-electron chi connectivity index (χ1n) is 9.09. The number of carbonyl (C=O) groups is 1. The van der Waals surface area contributed by atoms with Gasteiger partial charge in [-0.25, -0.2) is 0 Å². The normalized spacial score (nSPS) is 20.5. The number of carbonyl (C=O) groups excluding carboxylic acids is 1. The molecule has 1 amide bonds. The Kier molecular flexibility index (Phi) is 5.71. The maximum Gasteiger partial charge on any atom is 0.219 e. The van der Waals surface area contributed by atoms with Crippen molar-refractivity contribution in [2.75, 3.05) is 20.2 Å². The van der Waals surface area contributed by atoms with Crippen molar-refractivity contribution in [1.82, 2.24) is 9.88 Å². The number of ether oxygens (including phenoxy) is 1. The molecule has 2 aromatic rings. The number of hydrogen-bond donors (Lipinski definition) is 0. The van der Waals surface area contributed by atoms with Gasteiger partial charge in [0.25, 0.3) is 0 Å². The molecular formula is C22H26N2O2. The lowest BCUT2D eigenvalue weighted by Gasteiger charge is -2.36. The second-order valence-corrected chi connectivity index (χ2v) is 6.83. The van der Waals surface area contributed by atoms with Gasteiger partial charge in [0.2, 0.25) is 5.91 Å². The molecule has 2 heterocycles. The van der Waals surface area contributed by atoms with Crippen LogP contribution in [0.3, 0.4) is 0 Å². The minimum absolute atomic E-state index is 0.156. The minimum Gasteiger partial charge on any atom is -0.497 e. The van der Waals surface area contributed by atoms with Crippen molar-refractivity contribution in [1.29, 1.82) is 0 Å². The fraction of sp³-hybridized carbons (Fsp3) is 0.364. The van der Waals surface area contributed by atoms with Gasteiger partial charge in [0.15, 0.2) is 0 Å². The first kappa shape index (κ1) is 18.2. The molecule has 0 unspecified atom stereocenters. The van der Waals surface area contributed by atoms with Gasteiger partial charge in [0.1, 0.15) is 5.75 Å². The van der Waals surface area contributed by atoms with Crippen molar-refractivity contribution in [3.8, 4) is 5.75 Å². The van der Waals surface area contributed by atoms with Gasteiger partial charge in [-0.2, -0.15) is 0 Å². The molecule has 4 nitrogen and oxygen atoms in total. The van der Waals surface area contributed by atoms with Crippen LogP contribution in [0.1, 0.15) is 25.3 Å². The van der Waals surface area contributed by atoms with E-state index in [-0.39, 0.29) is 5.91 Å². The Bertz CT molecular complexity index is 828. The van der Waals surface area contributed by atoms with Crippen LogP contribution in [-0.2, 0) is 4.79 Å². The van der Waals surface area contributed by atoms with Gasteiger partial charge in [-0.05, 0) is 54.5 Å². The number of aromatic nitrogens is 1. The number of pyridine rings is 1. The molecule has 1 aliphatic heterocycles. The van der Waals surface area contributed by atoms with Crippen LogP contribution in [0.5, 0.6) is 5.75 Å².